The van der Waals surface area contributed by atoms with Crippen molar-refractivity contribution >= 4 is 0 Å². The summed E-state index contributed by atoms with van der Waals surface area (Å²) in [5.74, 6) is -6.02. The summed E-state index contributed by atoms with van der Waals surface area (Å²) in [6.45, 7) is 59.0. The second-order valence-corrected chi connectivity index (χ2v) is 25.5. The summed E-state index contributed by atoms with van der Waals surface area (Å²) in [5, 5.41) is 0. The highest BCUT2D eigenvalue weighted by molar-refractivity contribution is 4.70. The third-order valence-corrected chi connectivity index (χ3v) is 11.0. The molecule has 0 aromatic heterocycles. The summed E-state index contributed by atoms with van der Waals surface area (Å²) < 4.78 is 263. The SMILES string of the molecule is CC.CC(C)(C)C(F)(F)F.CC(C)C.CC(C)C(F)(F)F.CCC.CCC(C)C.CCC(C)C(F)(F)F.CCCC.CCCCC.[2H]C(C)(C)C.[2H]C(C)(C)C(F)(F)F.[2H]C([2H])(C)CC.[2H]C1(C)CCCC1.[2H]C1(C)CCCCC1.[2H][C@](C)(CC)CC(F)(F)F.[2H][C@](C)(CC)CC(F)(F)F. The Morgan fingerprint density at radius 2 is 0.609 bits per heavy atom. The molecule has 2 aliphatic carbocycles. The molecule has 3 atom stereocenters. The summed E-state index contributed by atoms with van der Waals surface area (Å²) >= 11 is 0. The van der Waals surface area contributed by atoms with Crippen molar-refractivity contribution in [2.75, 3.05) is 0 Å². The highest BCUT2D eigenvalue weighted by Gasteiger charge is 2.43. The lowest BCUT2D eigenvalue weighted by molar-refractivity contribution is -0.204. The van der Waals surface area contributed by atoms with Crippen molar-refractivity contribution in [1.82, 2.24) is 0 Å². The largest absolute Gasteiger partial charge is 0.393 e. The van der Waals surface area contributed by atoms with Crippen molar-refractivity contribution in [2.24, 2.45) is 64.5 Å². The van der Waals surface area contributed by atoms with E-state index in [1.54, 1.807) is 20.8 Å². The van der Waals surface area contributed by atoms with Crippen molar-refractivity contribution in [3.63, 3.8) is 0 Å². The van der Waals surface area contributed by atoms with E-state index in [0.717, 1.165) is 86.0 Å². The van der Waals surface area contributed by atoms with Crippen molar-refractivity contribution in [3.8, 4) is 0 Å². The molecule has 0 nitrogen and oxygen atoms in total. The van der Waals surface area contributed by atoms with Crippen LogP contribution in [-0.4, -0.2) is 37.1 Å². The molecular formula is C74H158F18. The average molecular weight is 1400 g/mol. The Bertz CT molecular complexity index is 1500. The molecule has 0 aromatic rings. The molecule has 580 valence electrons. The van der Waals surface area contributed by atoms with Gasteiger partial charge in [0, 0.05) is 35.6 Å². The minimum atomic E-state index is -4.40. The van der Waals surface area contributed by atoms with Crippen LogP contribution < -0.4 is 0 Å². The third-order valence-electron chi connectivity index (χ3n) is 11.0. The van der Waals surface area contributed by atoms with Gasteiger partial charge in [0.1, 0.15) is 0 Å². The van der Waals surface area contributed by atoms with Crippen molar-refractivity contribution in [1.29, 1.82) is 0 Å². The fraction of sp³-hybridized carbons (Fsp3) is 1.00. The second kappa shape index (κ2) is 80.4. The average Bonchev–Trinajstić information content (AvgIpc) is 1.15. The number of rotatable bonds is 10. The van der Waals surface area contributed by atoms with E-state index in [9.17, 15) is 79.0 Å². The van der Waals surface area contributed by atoms with E-state index < -0.39 is 91.2 Å². The Morgan fingerprint density at radius 1 is 0.402 bits per heavy atom. The molecule has 2 rings (SSSR count). The molecule has 0 N–H and O–H groups in total. The molecule has 0 aliphatic heterocycles. The Balaban J connectivity index is -0.0000000665. The van der Waals surface area contributed by atoms with Crippen LogP contribution in [0.2, 0.25) is 0 Å². The van der Waals surface area contributed by atoms with Crippen LogP contribution in [0.15, 0.2) is 0 Å². The van der Waals surface area contributed by atoms with Gasteiger partial charge >= 0.3 is 37.1 Å². The first kappa shape index (κ1) is 102. The molecule has 0 heterocycles. The fourth-order valence-electron chi connectivity index (χ4n) is 3.65. The van der Waals surface area contributed by atoms with E-state index in [-0.39, 0.29) is 36.9 Å². The maximum Gasteiger partial charge on any atom is 0.393 e. The van der Waals surface area contributed by atoms with Gasteiger partial charge < -0.3 is 0 Å². The summed E-state index contributed by atoms with van der Waals surface area (Å²) in [6, 6.07) is 0. The first-order valence-electron chi connectivity index (χ1n) is 38.1. The molecule has 2 fully saturated rings. The topological polar surface area (TPSA) is 0 Å². The molecule has 0 radical (unpaired) electrons. The monoisotopic (exact) mass is 1400 g/mol. The lowest BCUT2D eigenvalue weighted by atomic mass is 9.91. The van der Waals surface area contributed by atoms with E-state index in [1.165, 1.54) is 105 Å². The van der Waals surface area contributed by atoms with Gasteiger partial charge in [0.15, 0.2) is 0 Å². The first-order valence-corrected chi connectivity index (χ1v) is 34.1. The van der Waals surface area contributed by atoms with Crippen LogP contribution in [0.1, 0.15) is 394 Å². The van der Waals surface area contributed by atoms with Crippen LogP contribution >= 0.6 is 0 Å². The van der Waals surface area contributed by atoms with Crippen molar-refractivity contribution in [2.45, 2.75) is 420 Å². The second-order valence-electron chi connectivity index (χ2n) is 25.5. The van der Waals surface area contributed by atoms with E-state index in [0.29, 0.717) is 6.42 Å². The zero-order valence-electron chi connectivity index (χ0n) is 73.7. The molecule has 0 spiro atoms. The number of hydrogen-bond acceptors (Lipinski definition) is 0. The van der Waals surface area contributed by atoms with Gasteiger partial charge in [0.2, 0.25) is 0 Å². The van der Waals surface area contributed by atoms with Crippen LogP contribution in [-0.2, 0) is 0 Å². The lowest BCUT2D eigenvalue weighted by Crippen LogP contribution is -2.28. The number of hydrogen-bond donors (Lipinski definition) is 0. The van der Waals surface area contributed by atoms with Gasteiger partial charge in [-0.1, -0.05) is 364 Å². The summed E-state index contributed by atoms with van der Waals surface area (Å²) in [4.78, 5) is 0. The van der Waals surface area contributed by atoms with Gasteiger partial charge in [-0.15, -0.1) is 0 Å². The fourth-order valence-corrected chi connectivity index (χ4v) is 3.65. The predicted octanol–water partition coefficient (Wildman–Crippen LogP) is 34.0. The summed E-state index contributed by atoms with van der Waals surface area (Å²) in [6.07, 6.45) is -6.41. The predicted molar refractivity (Wildman–Crippen MR) is 373 cm³/mol. The normalized spacial score (nSPS) is 16.9. The number of alkyl halides is 18. The molecule has 2 saturated carbocycles. The number of unbranched alkanes of at least 4 members (excludes halogenated alkanes) is 3. The van der Waals surface area contributed by atoms with Crippen LogP contribution in [0.4, 0.5) is 79.0 Å². The Labute approximate surface area is 573 Å². The van der Waals surface area contributed by atoms with E-state index in [1.807, 2.05) is 55.4 Å². The van der Waals surface area contributed by atoms with Crippen molar-refractivity contribution in [3.05, 3.63) is 0 Å². The minimum absolute atomic E-state index is 0.0556. The highest BCUT2D eigenvalue weighted by atomic mass is 19.4. The van der Waals surface area contributed by atoms with Gasteiger partial charge in [0.05, 0.1) is 11.3 Å². The maximum absolute atomic E-state index is 11.6. The molecule has 92 heavy (non-hydrogen) atoms. The number of halogens is 18. The van der Waals surface area contributed by atoms with Crippen LogP contribution in [0, 0.1) is 64.5 Å². The molecule has 0 bridgehead atoms. The third kappa shape index (κ3) is 174. The van der Waals surface area contributed by atoms with Gasteiger partial charge in [-0.25, -0.2) is 0 Å². The van der Waals surface area contributed by atoms with Gasteiger partial charge in [-0.05, 0) is 47.7 Å². The Hall–Kier alpha value is -1.26. The summed E-state index contributed by atoms with van der Waals surface area (Å²) in [7, 11) is 0. The zero-order valence-corrected chi connectivity index (χ0v) is 65.7. The van der Waals surface area contributed by atoms with E-state index in [4.69, 9.17) is 11.0 Å². The summed E-state index contributed by atoms with van der Waals surface area (Å²) in [5.41, 5.74) is -1.56. The molecule has 2 aliphatic rings. The van der Waals surface area contributed by atoms with Gasteiger partial charge in [-0.3, -0.25) is 0 Å². The molecule has 0 saturated heterocycles. The molecule has 0 aromatic carbocycles. The molecule has 18 heteroatoms. The van der Waals surface area contributed by atoms with E-state index >= 15 is 0 Å². The highest BCUT2D eigenvalue weighted by Crippen LogP contribution is 2.36. The Kier molecular flexibility index (Phi) is 89.0. The van der Waals surface area contributed by atoms with Crippen LogP contribution in [0.25, 0.3) is 0 Å². The molecule has 0 amide bonds. The molecular weight excluding hydrogens is 1230 g/mol. The van der Waals surface area contributed by atoms with Crippen molar-refractivity contribution < 1.29 is 90.0 Å². The standard InChI is InChI=1S/C7H14.2C6H11F3.C6H12.2C5H9F3.2C5H12.2C4H7F3.4C4H10.C3H8.C2H6/c1-7-5-3-2-4-6-7;2*1-3-5(2)4-6(7,8)9;1-6-4-2-3-5-6;1-4(2,3)5(6,7)8;1-3-4(2)5(6,7)8;1-4-5(2)3;1-3-5-4-2;2*1-3(2)4(5,6)7;2*1-4(2)3;2*1-3-4-2;1-3-2;1-2/h7H,2-6H2,1H3;2*5H,3-4H2,1-2H3;6H,2-5H2,1H3;1-3H3;4H,3H2,1-2H3;5H,4H2,1-3H3;3-5H2,1-2H3;2*3H,1-2H3;2*4H,1-3H3;2*3-4H2,1-2H3;3H2,1-2H3;1-2H3/t;2*5-;;;;;;;;;;;;;/m.00............./s1/i7D;2*5D;6D;;;;;3D;;4D;;3D2;;;. The minimum Gasteiger partial charge on any atom is -0.171 e. The van der Waals surface area contributed by atoms with Crippen LogP contribution in [0.3, 0.4) is 0 Å². The molecule has 1 unspecified atom stereocenters. The Morgan fingerprint density at radius 3 is 0.652 bits per heavy atom. The quantitative estimate of drug-likeness (QED) is 0.191. The van der Waals surface area contributed by atoms with Crippen LogP contribution in [0.5, 0.6) is 0 Å². The van der Waals surface area contributed by atoms with Gasteiger partial charge in [-0.2, -0.15) is 79.0 Å². The maximum atomic E-state index is 11.6. The zero-order chi connectivity index (χ0) is 84.9. The smallest absolute Gasteiger partial charge is 0.171 e. The lowest BCUT2D eigenvalue weighted by Gasteiger charge is -2.21. The first-order chi connectivity index (χ1) is 43.7. The van der Waals surface area contributed by atoms with Gasteiger partial charge in [0.25, 0.3) is 0 Å². The van der Waals surface area contributed by atoms with E-state index in [2.05, 4.69) is 83.1 Å².